The van der Waals surface area contributed by atoms with E-state index >= 15 is 0 Å². The van der Waals surface area contributed by atoms with Gasteiger partial charge < -0.3 is 11.2 Å². The van der Waals surface area contributed by atoms with Gasteiger partial charge >= 0.3 is 0 Å². The summed E-state index contributed by atoms with van der Waals surface area (Å²) in [5.74, 6) is 6.76. The average molecular weight is 442 g/mol. The summed E-state index contributed by atoms with van der Waals surface area (Å²) in [4.78, 5) is 12.5. The number of fused-ring (bicyclic) bond motifs is 1. The van der Waals surface area contributed by atoms with Crippen LogP contribution >= 0.6 is 23.4 Å². The fraction of sp³-hybridized carbons (Fsp3) is 0.318. The zero-order chi connectivity index (χ0) is 21.1. The van der Waals surface area contributed by atoms with Gasteiger partial charge in [-0.1, -0.05) is 53.7 Å². The van der Waals surface area contributed by atoms with E-state index in [9.17, 15) is 4.79 Å². The number of hydrogen-bond acceptors (Lipinski definition) is 5. The predicted octanol–water partition coefficient (Wildman–Crippen LogP) is 4.16. The van der Waals surface area contributed by atoms with E-state index in [0.29, 0.717) is 16.0 Å². The largest absolute Gasteiger partial charge is 0.349 e. The molecule has 1 unspecified atom stereocenters. The first kappa shape index (κ1) is 20.8. The lowest BCUT2D eigenvalue weighted by molar-refractivity contribution is -0.119. The second kappa shape index (κ2) is 9.10. The Morgan fingerprint density at radius 2 is 2.00 bits per heavy atom. The maximum absolute atomic E-state index is 12.5. The molecule has 2 aromatic carbocycles. The number of nitrogens with two attached hydrogens (primary N) is 1. The molecule has 8 heteroatoms. The minimum absolute atomic E-state index is 0.0527. The van der Waals surface area contributed by atoms with Crippen molar-refractivity contribution in [3.8, 4) is 11.4 Å². The van der Waals surface area contributed by atoms with Crippen LogP contribution in [0.5, 0.6) is 0 Å². The molecule has 6 nitrogen and oxygen atoms in total. The number of carbonyl (C=O) groups is 1. The molecule has 1 aromatic heterocycles. The summed E-state index contributed by atoms with van der Waals surface area (Å²) in [7, 11) is 0. The Labute approximate surface area is 185 Å². The van der Waals surface area contributed by atoms with Crippen molar-refractivity contribution in [3.05, 3.63) is 64.2 Å². The quantitative estimate of drug-likeness (QED) is 0.443. The standard InChI is InChI=1S/C22H24ClN5OS/c1-14(16-10-9-15-5-2-3-6-17(15)11-16)25-20(29)13-30-22-27-26-21(28(22)24)18-7-4-8-19(23)12-18/h4,7-12,14H,2-3,5-6,13,24H2,1H3,(H,25,29). The Kier molecular flexibility index (Phi) is 6.29. The van der Waals surface area contributed by atoms with Gasteiger partial charge in [0.2, 0.25) is 11.1 Å². The number of rotatable bonds is 6. The molecular formula is C22H24ClN5OS. The highest BCUT2D eigenvalue weighted by atomic mass is 35.5. The Bertz CT molecular complexity index is 1070. The molecule has 3 N–H and O–H groups in total. The Morgan fingerprint density at radius 3 is 2.80 bits per heavy atom. The number of nitrogen functional groups attached to an aromatic ring is 1. The fourth-order valence-corrected chi connectivity index (χ4v) is 4.58. The number of nitrogens with one attached hydrogen (secondary N) is 1. The van der Waals surface area contributed by atoms with E-state index in [2.05, 4.69) is 33.7 Å². The molecule has 1 aliphatic rings. The van der Waals surface area contributed by atoms with Crippen LogP contribution in [-0.4, -0.2) is 26.5 Å². The van der Waals surface area contributed by atoms with Crippen molar-refractivity contribution < 1.29 is 4.79 Å². The SMILES string of the molecule is CC(NC(=O)CSc1nnc(-c2cccc(Cl)c2)n1N)c1ccc2c(c1)CCCC2. The lowest BCUT2D eigenvalue weighted by Gasteiger charge is -2.20. The predicted molar refractivity (Wildman–Crippen MR) is 121 cm³/mol. The van der Waals surface area contributed by atoms with Crippen molar-refractivity contribution in [2.45, 2.75) is 43.8 Å². The van der Waals surface area contributed by atoms with E-state index in [4.69, 9.17) is 17.4 Å². The van der Waals surface area contributed by atoms with Gasteiger partial charge in [0.1, 0.15) is 0 Å². The highest BCUT2D eigenvalue weighted by molar-refractivity contribution is 7.99. The first-order valence-corrected chi connectivity index (χ1v) is 11.4. The monoisotopic (exact) mass is 441 g/mol. The zero-order valence-corrected chi connectivity index (χ0v) is 18.3. The van der Waals surface area contributed by atoms with Crippen LogP contribution < -0.4 is 11.2 Å². The summed E-state index contributed by atoms with van der Waals surface area (Å²) < 4.78 is 1.39. The number of thioether (sulfide) groups is 1. The third-order valence-electron chi connectivity index (χ3n) is 5.33. The van der Waals surface area contributed by atoms with Gasteiger partial charge in [0, 0.05) is 10.6 Å². The molecule has 0 fully saturated rings. The summed E-state index contributed by atoms with van der Waals surface area (Å²) in [5, 5.41) is 12.4. The number of aryl methyl sites for hydroxylation is 2. The summed E-state index contributed by atoms with van der Waals surface area (Å²) in [6.45, 7) is 2.01. The molecule has 1 atom stereocenters. The van der Waals surface area contributed by atoms with E-state index in [-0.39, 0.29) is 17.7 Å². The van der Waals surface area contributed by atoms with Crippen LogP contribution in [0.25, 0.3) is 11.4 Å². The summed E-state index contributed by atoms with van der Waals surface area (Å²) >= 11 is 7.29. The smallest absolute Gasteiger partial charge is 0.230 e. The van der Waals surface area contributed by atoms with Gasteiger partial charge in [-0.3, -0.25) is 4.79 Å². The van der Waals surface area contributed by atoms with E-state index in [1.54, 1.807) is 12.1 Å². The van der Waals surface area contributed by atoms with Gasteiger partial charge in [-0.2, -0.15) is 0 Å². The van der Waals surface area contributed by atoms with Crippen LogP contribution in [0, 0.1) is 0 Å². The molecule has 0 saturated carbocycles. The number of hydrogen-bond donors (Lipinski definition) is 2. The van der Waals surface area contributed by atoms with Crippen molar-refractivity contribution in [1.82, 2.24) is 20.2 Å². The first-order chi connectivity index (χ1) is 14.5. The molecule has 0 spiro atoms. The third kappa shape index (κ3) is 4.63. The molecule has 0 bridgehead atoms. The van der Waals surface area contributed by atoms with Gasteiger partial charge in [-0.15, -0.1) is 10.2 Å². The van der Waals surface area contributed by atoms with Crippen molar-refractivity contribution in [1.29, 1.82) is 0 Å². The van der Waals surface area contributed by atoms with Gasteiger partial charge in [0.25, 0.3) is 0 Å². The average Bonchev–Trinajstić information content (AvgIpc) is 3.12. The Hall–Kier alpha value is -2.51. The van der Waals surface area contributed by atoms with E-state index in [1.165, 1.54) is 40.4 Å². The van der Waals surface area contributed by atoms with Gasteiger partial charge in [0.05, 0.1) is 11.8 Å². The van der Waals surface area contributed by atoms with Crippen LogP contribution in [0.2, 0.25) is 5.02 Å². The molecule has 4 rings (SSSR count). The van der Waals surface area contributed by atoms with Crippen LogP contribution in [-0.2, 0) is 17.6 Å². The van der Waals surface area contributed by atoms with Crippen LogP contribution in [0.4, 0.5) is 0 Å². The van der Waals surface area contributed by atoms with Gasteiger partial charge in [-0.05, 0) is 61.4 Å². The Morgan fingerprint density at radius 1 is 1.20 bits per heavy atom. The van der Waals surface area contributed by atoms with Crippen molar-refractivity contribution in [3.63, 3.8) is 0 Å². The molecule has 0 saturated heterocycles. The first-order valence-electron chi connectivity index (χ1n) is 10.0. The lowest BCUT2D eigenvalue weighted by atomic mass is 9.89. The highest BCUT2D eigenvalue weighted by Crippen LogP contribution is 2.26. The number of carbonyl (C=O) groups excluding carboxylic acids is 1. The normalized spacial score (nSPS) is 14.2. The van der Waals surface area contributed by atoms with Crippen LogP contribution in [0.3, 0.4) is 0 Å². The third-order valence-corrected chi connectivity index (χ3v) is 6.51. The topological polar surface area (TPSA) is 85.8 Å². The number of benzene rings is 2. The van der Waals surface area contributed by atoms with Crippen molar-refractivity contribution in [2.24, 2.45) is 0 Å². The summed E-state index contributed by atoms with van der Waals surface area (Å²) in [5.41, 5.74) is 4.77. The van der Waals surface area contributed by atoms with Gasteiger partial charge in [-0.25, -0.2) is 4.68 Å². The highest BCUT2D eigenvalue weighted by Gasteiger charge is 2.17. The lowest BCUT2D eigenvalue weighted by Crippen LogP contribution is -2.28. The maximum Gasteiger partial charge on any atom is 0.230 e. The molecular weight excluding hydrogens is 418 g/mol. The van der Waals surface area contributed by atoms with Crippen LogP contribution in [0.1, 0.15) is 42.5 Å². The van der Waals surface area contributed by atoms with E-state index < -0.39 is 0 Å². The number of nitrogens with zero attached hydrogens (tertiary/aromatic N) is 3. The second-order valence-electron chi connectivity index (χ2n) is 7.50. The van der Waals surface area contributed by atoms with Crippen molar-refractivity contribution in [2.75, 3.05) is 11.6 Å². The molecule has 30 heavy (non-hydrogen) atoms. The van der Waals surface area contributed by atoms with Gasteiger partial charge in [0.15, 0.2) is 5.82 Å². The minimum Gasteiger partial charge on any atom is -0.349 e. The molecule has 1 heterocycles. The summed E-state index contributed by atoms with van der Waals surface area (Å²) in [6.07, 6.45) is 4.79. The molecule has 156 valence electrons. The van der Waals surface area contributed by atoms with E-state index in [0.717, 1.165) is 24.0 Å². The van der Waals surface area contributed by atoms with Crippen LogP contribution in [0.15, 0.2) is 47.6 Å². The molecule has 0 radical (unpaired) electrons. The zero-order valence-electron chi connectivity index (χ0n) is 16.8. The van der Waals surface area contributed by atoms with Crippen molar-refractivity contribution >= 4 is 29.3 Å². The van der Waals surface area contributed by atoms with E-state index in [1.807, 2.05) is 19.1 Å². The molecule has 0 aliphatic heterocycles. The fourth-order valence-electron chi connectivity index (χ4n) is 3.72. The minimum atomic E-state index is -0.0717. The maximum atomic E-state index is 12.5. The number of amides is 1. The second-order valence-corrected chi connectivity index (χ2v) is 8.88. The number of aromatic nitrogens is 3. The molecule has 3 aromatic rings. The molecule has 1 aliphatic carbocycles. The Balaban J connectivity index is 1.36. The molecule has 1 amide bonds. The summed E-state index contributed by atoms with van der Waals surface area (Å²) in [6, 6.07) is 13.8. The number of halogens is 1.